The van der Waals surface area contributed by atoms with Gasteiger partial charge in [0.05, 0.1) is 11.8 Å². The van der Waals surface area contributed by atoms with Crippen molar-refractivity contribution in [2.75, 3.05) is 16.3 Å². The van der Waals surface area contributed by atoms with Crippen molar-refractivity contribution in [3.05, 3.63) is 58.6 Å². The van der Waals surface area contributed by atoms with Crippen LogP contribution in [0.2, 0.25) is 0 Å². The summed E-state index contributed by atoms with van der Waals surface area (Å²) in [5, 5.41) is 2.74. The average Bonchev–Trinajstić information content (AvgIpc) is 2.40. The van der Waals surface area contributed by atoms with Gasteiger partial charge < -0.3 is 5.32 Å². The quantitative estimate of drug-likeness (QED) is 0.870. The van der Waals surface area contributed by atoms with Gasteiger partial charge in [-0.2, -0.15) is 0 Å². The molecule has 2 aromatic carbocycles. The minimum absolute atomic E-state index is 0.244. The summed E-state index contributed by atoms with van der Waals surface area (Å²) in [6.45, 7) is 0. The fraction of sp³-hybridized carbons (Fsp3) is 0.0714. The third-order valence-corrected chi connectivity index (χ3v) is 3.86. The number of hydrogen-bond acceptors (Lipinski definition) is 3. The third kappa shape index (κ3) is 4.57. The van der Waals surface area contributed by atoms with Crippen LogP contribution in [0.4, 0.5) is 11.4 Å². The molecule has 7 heteroatoms. The Hall–Kier alpha value is -1.86. The molecule has 110 valence electrons. The molecule has 0 radical (unpaired) electrons. The Kier molecular flexibility index (Phi) is 4.64. The molecule has 0 aliphatic heterocycles. The lowest BCUT2D eigenvalue weighted by atomic mass is 10.2. The molecule has 2 rings (SSSR count). The molecule has 0 saturated carbocycles. The fourth-order valence-corrected chi connectivity index (χ4v) is 2.71. The first-order valence-corrected chi connectivity index (χ1v) is 8.67. The monoisotopic (exact) mass is 368 g/mol. The van der Waals surface area contributed by atoms with Crippen molar-refractivity contribution in [1.82, 2.24) is 0 Å². The van der Waals surface area contributed by atoms with Crippen LogP contribution in [0.3, 0.4) is 0 Å². The topological polar surface area (TPSA) is 75.3 Å². The largest absolute Gasteiger partial charge is 0.322 e. The Morgan fingerprint density at radius 3 is 2.14 bits per heavy atom. The van der Waals surface area contributed by atoms with E-state index in [0.29, 0.717) is 21.4 Å². The molecule has 0 fully saturated rings. The Labute approximate surface area is 131 Å². The number of carbonyl (C=O) groups excluding carboxylic acids is 1. The van der Waals surface area contributed by atoms with Gasteiger partial charge in [0.2, 0.25) is 10.0 Å². The number of rotatable bonds is 4. The van der Waals surface area contributed by atoms with Crippen molar-refractivity contribution < 1.29 is 13.2 Å². The average molecular weight is 369 g/mol. The fourth-order valence-electron chi connectivity index (χ4n) is 1.68. The highest BCUT2D eigenvalue weighted by Gasteiger charge is 2.09. The molecule has 21 heavy (non-hydrogen) atoms. The molecule has 0 bridgehead atoms. The minimum atomic E-state index is -3.31. The molecule has 0 aromatic heterocycles. The van der Waals surface area contributed by atoms with E-state index in [1.165, 1.54) is 0 Å². The van der Waals surface area contributed by atoms with Crippen LogP contribution in [0.15, 0.2) is 53.0 Å². The van der Waals surface area contributed by atoms with Crippen molar-refractivity contribution in [3.63, 3.8) is 0 Å². The summed E-state index contributed by atoms with van der Waals surface area (Å²) in [5.41, 5.74) is 1.54. The first-order valence-electron chi connectivity index (χ1n) is 5.99. The first-order chi connectivity index (χ1) is 9.85. The summed E-state index contributed by atoms with van der Waals surface area (Å²) >= 11 is 3.32. The van der Waals surface area contributed by atoms with E-state index in [1.54, 1.807) is 42.5 Å². The molecule has 0 atom stereocenters. The summed E-state index contributed by atoms with van der Waals surface area (Å²) in [4.78, 5) is 12.1. The van der Waals surface area contributed by atoms with E-state index in [2.05, 4.69) is 26.0 Å². The van der Waals surface area contributed by atoms with Crippen LogP contribution < -0.4 is 10.0 Å². The van der Waals surface area contributed by atoms with Crippen molar-refractivity contribution in [3.8, 4) is 0 Å². The normalized spacial score (nSPS) is 11.0. The number of benzene rings is 2. The van der Waals surface area contributed by atoms with Gasteiger partial charge in [-0.1, -0.05) is 12.1 Å². The van der Waals surface area contributed by atoms with E-state index in [0.717, 1.165) is 6.26 Å². The third-order valence-electron chi connectivity index (χ3n) is 2.56. The molecule has 2 aromatic rings. The minimum Gasteiger partial charge on any atom is -0.322 e. The van der Waals surface area contributed by atoms with Gasteiger partial charge >= 0.3 is 0 Å². The van der Waals surface area contributed by atoms with Crippen molar-refractivity contribution in [2.24, 2.45) is 0 Å². The van der Waals surface area contributed by atoms with Gasteiger partial charge in [0, 0.05) is 15.8 Å². The van der Waals surface area contributed by atoms with Gasteiger partial charge in [-0.25, -0.2) is 8.42 Å². The van der Waals surface area contributed by atoms with Crippen LogP contribution in [-0.2, 0) is 10.0 Å². The van der Waals surface area contributed by atoms with Gasteiger partial charge in [-0.05, 0) is 52.3 Å². The van der Waals surface area contributed by atoms with E-state index in [4.69, 9.17) is 0 Å². The number of halogens is 1. The number of amides is 1. The van der Waals surface area contributed by atoms with E-state index in [1.807, 2.05) is 6.07 Å². The molecule has 0 aliphatic rings. The highest BCUT2D eigenvalue weighted by Crippen LogP contribution is 2.19. The van der Waals surface area contributed by atoms with Crippen LogP contribution in [0.25, 0.3) is 0 Å². The van der Waals surface area contributed by atoms with Gasteiger partial charge in [0.1, 0.15) is 0 Å². The Morgan fingerprint density at radius 2 is 1.57 bits per heavy atom. The molecule has 0 heterocycles. The molecular formula is C14H13BrN2O3S. The summed E-state index contributed by atoms with van der Waals surface area (Å²) in [5.74, 6) is -0.244. The van der Waals surface area contributed by atoms with E-state index >= 15 is 0 Å². The number of nitrogens with one attached hydrogen (secondary N) is 2. The SMILES string of the molecule is CS(=O)(=O)Nc1ccc(NC(=O)c2ccccc2Br)cc1. The van der Waals surface area contributed by atoms with E-state index in [9.17, 15) is 13.2 Å². The number of sulfonamides is 1. The molecule has 5 nitrogen and oxygen atoms in total. The predicted molar refractivity (Wildman–Crippen MR) is 87.0 cm³/mol. The summed E-state index contributed by atoms with van der Waals surface area (Å²) in [6.07, 6.45) is 1.08. The molecule has 1 amide bonds. The molecule has 0 saturated heterocycles. The van der Waals surface area contributed by atoms with Crippen molar-refractivity contribution >= 4 is 43.2 Å². The maximum Gasteiger partial charge on any atom is 0.256 e. The maximum absolute atomic E-state index is 12.1. The standard InChI is InChI=1S/C14H13BrN2O3S/c1-21(19,20)17-11-8-6-10(7-9-11)16-14(18)12-4-2-3-5-13(12)15/h2-9,17H,1H3,(H,16,18). The van der Waals surface area contributed by atoms with Crippen LogP contribution in [-0.4, -0.2) is 20.6 Å². The first kappa shape index (κ1) is 15.5. The zero-order chi connectivity index (χ0) is 15.5. The van der Waals surface area contributed by atoms with E-state index < -0.39 is 10.0 Å². The van der Waals surface area contributed by atoms with Gasteiger partial charge in [-0.15, -0.1) is 0 Å². The smallest absolute Gasteiger partial charge is 0.256 e. The lowest BCUT2D eigenvalue weighted by molar-refractivity contribution is 0.102. The number of hydrogen-bond donors (Lipinski definition) is 2. The van der Waals surface area contributed by atoms with Crippen LogP contribution in [0.5, 0.6) is 0 Å². The zero-order valence-corrected chi connectivity index (χ0v) is 13.5. The second-order valence-electron chi connectivity index (χ2n) is 4.39. The van der Waals surface area contributed by atoms with E-state index in [-0.39, 0.29) is 5.91 Å². The molecular weight excluding hydrogens is 356 g/mol. The van der Waals surface area contributed by atoms with Gasteiger partial charge in [-0.3, -0.25) is 9.52 Å². The van der Waals surface area contributed by atoms with Crippen LogP contribution in [0, 0.1) is 0 Å². The summed E-state index contributed by atoms with van der Waals surface area (Å²) in [6, 6.07) is 13.5. The number of carbonyl (C=O) groups is 1. The predicted octanol–water partition coefficient (Wildman–Crippen LogP) is 3.07. The van der Waals surface area contributed by atoms with Gasteiger partial charge in [0.15, 0.2) is 0 Å². The van der Waals surface area contributed by atoms with Crippen molar-refractivity contribution in [2.45, 2.75) is 0 Å². The molecule has 0 aliphatic carbocycles. The Morgan fingerprint density at radius 1 is 1.00 bits per heavy atom. The number of anilines is 2. The molecule has 0 spiro atoms. The van der Waals surface area contributed by atoms with Gasteiger partial charge in [0.25, 0.3) is 5.91 Å². The Balaban J connectivity index is 2.10. The molecule has 0 unspecified atom stereocenters. The Bertz CT molecular complexity index is 758. The lowest BCUT2D eigenvalue weighted by Gasteiger charge is -2.08. The highest BCUT2D eigenvalue weighted by atomic mass is 79.9. The molecule has 2 N–H and O–H groups in total. The second kappa shape index (κ2) is 6.28. The van der Waals surface area contributed by atoms with Crippen molar-refractivity contribution in [1.29, 1.82) is 0 Å². The summed E-state index contributed by atoms with van der Waals surface area (Å²) < 4.78 is 25.3. The van der Waals surface area contributed by atoms with Crippen LogP contribution >= 0.6 is 15.9 Å². The lowest BCUT2D eigenvalue weighted by Crippen LogP contribution is -2.13. The zero-order valence-electron chi connectivity index (χ0n) is 11.1. The van der Waals surface area contributed by atoms with Crippen LogP contribution in [0.1, 0.15) is 10.4 Å². The second-order valence-corrected chi connectivity index (χ2v) is 6.99. The summed E-state index contributed by atoms with van der Waals surface area (Å²) in [7, 11) is -3.31. The highest BCUT2D eigenvalue weighted by molar-refractivity contribution is 9.10. The maximum atomic E-state index is 12.1.